The Morgan fingerprint density at radius 3 is 0.618 bits per heavy atom. The van der Waals surface area contributed by atoms with Gasteiger partial charge in [0.2, 0.25) is 0 Å². The lowest BCUT2D eigenvalue weighted by Crippen LogP contribution is -2.44. The Kier molecular flexibility index (Phi) is 20.7. The van der Waals surface area contributed by atoms with E-state index in [1.807, 2.05) is 0 Å². The third-order valence-electron chi connectivity index (χ3n) is 19.4. The largest absolute Gasteiger partial charge is 0.427 e. The summed E-state index contributed by atoms with van der Waals surface area (Å²) in [6.07, 6.45) is 8.14. The van der Waals surface area contributed by atoms with Crippen molar-refractivity contribution in [3.05, 3.63) is 117 Å². The predicted molar refractivity (Wildman–Crippen MR) is 332 cm³/mol. The summed E-state index contributed by atoms with van der Waals surface area (Å²) in [5.74, 6) is 3.64. The van der Waals surface area contributed by atoms with Gasteiger partial charge in [-0.3, -0.25) is 0 Å². The number of benzene rings is 4. The average molecular weight is 1080 g/mol. The third kappa shape index (κ3) is 14.4. The second-order valence-corrected chi connectivity index (χ2v) is 30.3. The zero-order valence-electron chi connectivity index (χ0n) is 52.8. The molecule has 0 aromatic heterocycles. The molecule has 1 fully saturated rings. The Bertz CT molecular complexity index is 2210. The van der Waals surface area contributed by atoms with Gasteiger partial charge in [-0.1, -0.05) is 215 Å². The molecule has 6 nitrogen and oxygen atoms in total. The van der Waals surface area contributed by atoms with Crippen molar-refractivity contribution < 1.29 is 18.1 Å². The van der Waals surface area contributed by atoms with Crippen molar-refractivity contribution in [2.45, 2.75) is 261 Å². The summed E-state index contributed by atoms with van der Waals surface area (Å²) in [4.78, 5) is 0. The quantitative estimate of drug-likeness (QED) is 0.0584. The number of hydrogen-bond acceptors (Lipinski definition) is 6. The number of rotatable bonds is 26. The predicted octanol–water partition coefficient (Wildman–Crippen LogP) is 20.9. The molecule has 0 amide bonds. The van der Waals surface area contributed by atoms with E-state index in [0.29, 0.717) is 26.2 Å². The number of piperazine rings is 1. The summed E-state index contributed by atoms with van der Waals surface area (Å²) < 4.78 is 35.0. The second-order valence-electron chi connectivity index (χ2n) is 27.5. The lowest BCUT2D eigenvalue weighted by atomic mass is 9.76. The minimum absolute atomic E-state index is 0.0359. The molecule has 0 aliphatic carbocycles. The molecule has 424 valence electrons. The maximum Gasteiger partial charge on any atom is 0.384 e. The molecule has 1 aliphatic heterocycles. The molecule has 0 saturated carbocycles. The summed E-state index contributed by atoms with van der Waals surface area (Å²) in [6.45, 7) is 58.8. The molecular formula is C68H108N2O4P2. The third-order valence-corrected chi connectivity index (χ3v) is 22.6. The first-order valence-corrected chi connectivity index (χ1v) is 31.9. The fourth-order valence-electron chi connectivity index (χ4n) is 9.43. The van der Waals surface area contributed by atoms with Crippen LogP contribution in [0.3, 0.4) is 0 Å². The molecule has 1 aliphatic rings. The number of hydrogen-bond donors (Lipinski definition) is 0. The van der Waals surface area contributed by atoms with Gasteiger partial charge in [-0.25, -0.2) is 9.34 Å². The molecule has 5 rings (SSSR count). The van der Waals surface area contributed by atoms with Gasteiger partial charge in [-0.2, -0.15) is 0 Å². The molecular weight excluding hydrogens is 971 g/mol. The summed E-state index contributed by atoms with van der Waals surface area (Å²) in [5, 5.41) is 0. The Morgan fingerprint density at radius 2 is 0.461 bits per heavy atom. The maximum absolute atomic E-state index is 7.51. The van der Waals surface area contributed by atoms with E-state index in [1.165, 1.54) is 44.5 Å². The van der Waals surface area contributed by atoms with Gasteiger partial charge in [-0.05, 0) is 141 Å². The minimum Gasteiger partial charge on any atom is -0.427 e. The fraction of sp³-hybridized carbons (Fsp3) is 0.647. The molecule has 0 unspecified atom stereocenters. The van der Waals surface area contributed by atoms with Crippen molar-refractivity contribution in [3.63, 3.8) is 0 Å². The fourth-order valence-corrected chi connectivity index (χ4v) is 12.3. The van der Waals surface area contributed by atoms with Gasteiger partial charge in [0.05, 0.1) is 0 Å². The van der Waals surface area contributed by atoms with E-state index in [9.17, 15) is 0 Å². The zero-order valence-corrected chi connectivity index (χ0v) is 54.6. The molecule has 1 heterocycles. The highest BCUT2D eigenvalue weighted by Gasteiger charge is 2.40. The Hall–Kier alpha value is -3.14. The normalized spacial score (nSPS) is 15.2. The van der Waals surface area contributed by atoms with Gasteiger partial charge >= 0.3 is 17.1 Å². The molecule has 0 atom stereocenters. The second kappa shape index (κ2) is 24.7. The van der Waals surface area contributed by atoms with E-state index in [0.717, 1.165) is 74.4 Å². The smallest absolute Gasteiger partial charge is 0.384 e. The van der Waals surface area contributed by atoms with Crippen LogP contribution >= 0.6 is 17.1 Å². The van der Waals surface area contributed by atoms with Gasteiger partial charge in [-0.15, -0.1) is 0 Å². The van der Waals surface area contributed by atoms with Crippen molar-refractivity contribution in [3.8, 4) is 23.0 Å². The van der Waals surface area contributed by atoms with E-state index < -0.39 is 17.1 Å². The van der Waals surface area contributed by atoms with E-state index in [2.05, 4.69) is 248 Å². The van der Waals surface area contributed by atoms with Crippen LogP contribution in [-0.4, -0.2) is 35.5 Å². The van der Waals surface area contributed by atoms with E-state index in [-0.39, 0.29) is 43.3 Å². The van der Waals surface area contributed by atoms with Crippen molar-refractivity contribution in [2.24, 2.45) is 0 Å². The van der Waals surface area contributed by atoms with Gasteiger partial charge in [0, 0.05) is 48.4 Å². The molecule has 8 heteroatoms. The zero-order chi connectivity index (χ0) is 57.0. The summed E-state index contributed by atoms with van der Waals surface area (Å²) in [5.41, 5.74) is 10.00. The van der Waals surface area contributed by atoms with Crippen molar-refractivity contribution in [1.82, 2.24) is 9.34 Å². The number of nitrogens with zero attached hydrogens (tertiary/aromatic N) is 2. The lowest BCUT2D eigenvalue weighted by Gasteiger charge is -2.40. The standard InChI is InChI=1S/C68H108N2O4P2/c1-25-61(9,10)49-33-37-57(53(45-49)65(17,18)29-5)71-75(72-58-38-34-50(62(11,12)26-2)46-54(58)66(19,20)30-6)69-41-43-70(44-42-69)76(73-59-39-35-51(63(13,14)27-3)47-55(59)67(21,22)31-7)74-60-40-36-52(64(15,16)28-4)48-56(60)68(23,24)32-8/h33-40,45-48H,25-32,41-44H2,1-24H3. The SMILES string of the molecule is CCC(C)(C)c1ccc(OP(Oc2ccc(C(C)(C)CC)cc2C(C)(C)CC)N2CCN(P(Oc3ccc(C(C)(C)CC)cc3C(C)(C)CC)Oc3ccc(C(C)(C)CC)cc3C(C)(C)CC)CC2)c(C(C)(C)CC)c1. The molecule has 76 heavy (non-hydrogen) atoms. The summed E-state index contributed by atoms with van der Waals surface area (Å²) in [6, 6.07) is 27.8. The van der Waals surface area contributed by atoms with Crippen LogP contribution in [0.5, 0.6) is 23.0 Å². The van der Waals surface area contributed by atoms with Gasteiger partial charge in [0.25, 0.3) is 0 Å². The highest BCUT2D eigenvalue weighted by Crippen LogP contribution is 2.55. The maximum atomic E-state index is 7.51. The Labute approximate surface area is 469 Å². The molecule has 4 aromatic carbocycles. The van der Waals surface area contributed by atoms with Gasteiger partial charge in [0.1, 0.15) is 23.0 Å². The van der Waals surface area contributed by atoms with Crippen molar-refractivity contribution in [2.75, 3.05) is 26.2 Å². The Balaban J connectivity index is 1.67. The van der Waals surface area contributed by atoms with Crippen molar-refractivity contribution in [1.29, 1.82) is 0 Å². The molecule has 1 saturated heterocycles. The van der Waals surface area contributed by atoms with Crippen LogP contribution in [-0.2, 0) is 43.3 Å². The van der Waals surface area contributed by atoms with Crippen LogP contribution in [0.2, 0.25) is 0 Å². The van der Waals surface area contributed by atoms with Gasteiger partial charge in [0.15, 0.2) is 0 Å². The van der Waals surface area contributed by atoms with Crippen LogP contribution < -0.4 is 18.1 Å². The molecule has 0 radical (unpaired) electrons. The summed E-state index contributed by atoms with van der Waals surface area (Å²) >= 11 is 0. The van der Waals surface area contributed by atoms with E-state index >= 15 is 0 Å². The first kappa shape index (κ1) is 63.7. The first-order chi connectivity index (χ1) is 35.2. The molecule has 0 N–H and O–H groups in total. The van der Waals surface area contributed by atoms with E-state index in [4.69, 9.17) is 18.1 Å². The lowest BCUT2D eigenvalue weighted by molar-refractivity contribution is 0.235. The van der Waals surface area contributed by atoms with E-state index in [1.54, 1.807) is 0 Å². The Morgan fingerprint density at radius 1 is 0.289 bits per heavy atom. The molecule has 0 bridgehead atoms. The van der Waals surface area contributed by atoms with Crippen LogP contribution in [0.1, 0.15) is 262 Å². The monoisotopic (exact) mass is 1080 g/mol. The van der Waals surface area contributed by atoms with Crippen LogP contribution in [0.15, 0.2) is 72.8 Å². The van der Waals surface area contributed by atoms with Crippen LogP contribution in [0.25, 0.3) is 0 Å². The average Bonchev–Trinajstić information content (AvgIpc) is 3.40. The molecule has 0 spiro atoms. The topological polar surface area (TPSA) is 43.4 Å². The highest BCUT2D eigenvalue weighted by molar-refractivity contribution is 7.46. The van der Waals surface area contributed by atoms with Crippen molar-refractivity contribution >= 4 is 17.1 Å². The molecule has 4 aromatic rings. The van der Waals surface area contributed by atoms with Crippen LogP contribution in [0.4, 0.5) is 0 Å². The summed E-state index contributed by atoms with van der Waals surface area (Å²) in [7, 11) is -3.26. The van der Waals surface area contributed by atoms with Crippen LogP contribution in [0, 0.1) is 0 Å². The van der Waals surface area contributed by atoms with Gasteiger partial charge < -0.3 is 18.1 Å². The minimum atomic E-state index is -1.63. The first-order valence-electron chi connectivity index (χ1n) is 29.6. The highest BCUT2D eigenvalue weighted by atomic mass is 31.2.